The van der Waals surface area contributed by atoms with E-state index in [0.717, 1.165) is 32.5 Å². The van der Waals surface area contributed by atoms with Gasteiger partial charge in [-0.2, -0.15) is 0 Å². The SMILES string of the molecule is CC#CC(=O)N1CCC2(CC1)CNC(=O)C2. The zero-order valence-electron chi connectivity index (χ0n) is 9.51. The minimum atomic E-state index is -0.0883. The molecule has 2 fully saturated rings. The molecule has 1 N–H and O–H groups in total. The molecular formula is C12H16N2O2. The van der Waals surface area contributed by atoms with Crippen LogP contribution in [0.5, 0.6) is 0 Å². The summed E-state index contributed by atoms with van der Waals surface area (Å²) in [6, 6.07) is 0. The van der Waals surface area contributed by atoms with Crippen LogP contribution < -0.4 is 5.32 Å². The Bertz CT molecular complexity index is 370. The smallest absolute Gasteiger partial charge is 0.298 e. The summed E-state index contributed by atoms with van der Waals surface area (Å²) in [6.45, 7) is 3.89. The van der Waals surface area contributed by atoms with E-state index in [2.05, 4.69) is 17.2 Å². The van der Waals surface area contributed by atoms with Crippen LogP contribution in [0.3, 0.4) is 0 Å². The molecule has 0 aliphatic carbocycles. The first-order valence-electron chi connectivity index (χ1n) is 5.64. The maximum Gasteiger partial charge on any atom is 0.298 e. The van der Waals surface area contributed by atoms with Crippen LogP contribution in [0.15, 0.2) is 0 Å². The van der Waals surface area contributed by atoms with E-state index in [9.17, 15) is 9.59 Å². The van der Waals surface area contributed by atoms with Crippen LogP contribution in [-0.4, -0.2) is 36.3 Å². The van der Waals surface area contributed by atoms with Crippen LogP contribution in [0, 0.1) is 17.3 Å². The monoisotopic (exact) mass is 220 g/mol. The van der Waals surface area contributed by atoms with Gasteiger partial charge in [0.05, 0.1) is 0 Å². The predicted octanol–water partition coefficient (Wildman–Crippen LogP) is 0.138. The zero-order valence-corrected chi connectivity index (χ0v) is 9.51. The molecule has 4 nitrogen and oxygen atoms in total. The Morgan fingerprint density at radius 2 is 2.12 bits per heavy atom. The molecule has 0 bridgehead atoms. The number of piperidine rings is 1. The summed E-state index contributed by atoms with van der Waals surface area (Å²) in [5, 5.41) is 2.88. The maximum atomic E-state index is 11.5. The second kappa shape index (κ2) is 4.17. The molecule has 2 saturated heterocycles. The minimum Gasteiger partial charge on any atom is -0.356 e. The lowest BCUT2D eigenvalue weighted by Gasteiger charge is -2.37. The Morgan fingerprint density at radius 1 is 1.44 bits per heavy atom. The molecule has 0 aromatic heterocycles. The van der Waals surface area contributed by atoms with E-state index in [1.807, 2.05) is 0 Å². The van der Waals surface area contributed by atoms with E-state index in [-0.39, 0.29) is 17.2 Å². The number of nitrogens with zero attached hydrogens (tertiary/aromatic N) is 1. The molecule has 0 unspecified atom stereocenters. The van der Waals surface area contributed by atoms with Crippen molar-refractivity contribution in [2.24, 2.45) is 5.41 Å². The molecule has 16 heavy (non-hydrogen) atoms. The van der Waals surface area contributed by atoms with Crippen LogP contribution in [-0.2, 0) is 9.59 Å². The van der Waals surface area contributed by atoms with E-state index < -0.39 is 0 Å². The number of nitrogens with one attached hydrogen (secondary N) is 1. The van der Waals surface area contributed by atoms with Crippen LogP contribution in [0.4, 0.5) is 0 Å². The number of carbonyl (C=O) groups excluding carboxylic acids is 2. The topological polar surface area (TPSA) is 49.4 Å². The fourth-order valence-corrected chi connectivity index (χ4v) is 2.48. The quantitative estimate of drug-likeness (QED) is 0.590. The highest BCUT2D eigenvalue weighted by Crippen LogP contribution is 2.37. The average molecular weight is 220 g/mol. The molecule has 4 heteroatoms. The lowest BCUT2D eigenvalue weighted by molar-refractivity contribution is -0.127. The lowest BCUT2D eigenvalue weighted by Crippen LogP contribution is -2.43. The van der Waals surface area contributed by atoms with Gasteiger partial charge in [-0.1, -0.05) is 5.92 Å². The standard InChI is InChI=1S/C12H16N2O2/c1-2-3-11(16)14-6-4-12(5-7-14)8-10(15)13-9-12/h4-9H2,1H3,(H,13,15). The number of hydrogen-bond acceptors (Lipinski definition) is 2. The van der Waals surface area contributed by atoms with Crippen LogP contribution in [0.1, 0.15) is 26.2 Å². The van der Waals surface area contributed by atoms with Crippen molar-refractivity contribution in [2.75, 3.05) is 19.6 Å². The number of hydrogen-bond donors (Lipinski definition) is 1. The van der Waals surface area contributed by atoms with Gasteiger partial charge in [-0.3, -0.25) is 9.59 Å². The van der Waals surface area contributed by atoms with Gasteiger partial charge in [0.2, 0.25) is 5.91 Å². The summed E-state index contributed by atoms with van der Waals surface area (Å²) in [6.07, 6.45) is 2.43. The van der Waals surface area contributed by atoms with Crippen molar-refractivity contribution in [3.05, 3.63) is 0 Å². The Labute approximate surface area is 95.4 Å². The second-order valence-corrected chi connectivity index (χ2v) is 4.62. The number of amides is 2. The fraction of sp³-hybridized carbons (Fsp3) is 0.667. The van der Waals surface area contributed by atoms with E-state index in [1.165, 1.54) is 0 Å². The largest absolute Gasteiger partial charge is 0.356 e. The van der Waals surface area contributed by atoms with Gasteiger partial charge in [0.1, 0.15) is 0 Å². The molecule has 1 spiro atoms. The third-order valence-electron chi connectivity index (χ3n) is 3.54. The summed E-state index contributed by atoms with van der Waals surface area (Å²) >= 11 is 0. The molecule has 2 aliphatic rings. The van der Waals surface area contributed by atoms with Gasteiger partial charge >= 0.3 is 0 Å². The van der Waals surface area contributed by atoms with Crippen molar-refractivity contribution in [3.63, 3.8) is 0 Å². The minimum absolute atomic E-state index is 0.0883. The van der Waals surface area contributed by atoms with Crippen LogP contribution in [0.25, 0.3) is 0 Å². The summed E-state index contributed by atoms with van der Waals surface area (Å²) in [4.78, 5) is 24.5. The Balaban J connectivity index is 1.93. The highest BCUT2D eigenvalue weighted by molar-refractivity contribution is 5.93. The van der Waals surface area contributed by atoms with Crippen molar-refractivity contribution in [3.8, 4) is 11.8 Å². The third-order valence-corrected chi connectivity index (χ3v) is 3.54. The second-order valence-electron chi connectivity index (χ2n) is 4.62. The van der Waals surface area contributed by atoms with Crippen LogP contribution >= 0.6 is 0 Å². The highest BCUT2D eigenvalue weighted by Gasteiger charge is 2.41. The molecule has 86 valence electrons. The molecule has 2 amide bonds. The normalized spacial score (nSPS) is 22.6. The summed E-state index contributed by atoms with van der Waals surface area (Å²) < 4.78 is 0. The molecular weight excluding hydrogens is 204 g/mol. The summed E-state index contributed by atoms with van der Waals surface area (Å²) in [5.74, 6) is 5.24. The molecule has 2 aliphatic heterocycles. The van der Waals surface area contributed by atoms with Crippen molar-refractivity contribution in [2.45, 2.75) is 26.2 Å². The number of likely N-dealkylation sites (tertiary alicyclic amines) is 1. The Hall–Kier alpha value is -1.50. The molecule has 0 aromatic rings. The zero-order chi connectivity index (χ0) is 11.6. The first-order chi connectivity index (χ1) is 7.65. The van der Waals surface area contributed by atoms with Gasteiger partial charge in [-0.25, -0.2) is 0 Å². The van der Waals surface area contributed by atoms with Crippen molar-refractivity contribution >= 4 is 11.8 Å². The highest BCUT2D eigenvalue weighted by atomic mass is 16.2. The van der Waals surface area contributed by atoms with E-state index >= 15 is 0 Å². The third kappa shape index (κ3) is 2.04. The molecule has 2 heterocycles. The van der Waals surface area contributed by atoms with Crippen molar-refractivity contribution in [1.29, 1.82) is 0 Å². The van der Waals surface area contributed by atoms with Crippen molar-refractivity contribution < 1.29 is 9.59 Å². The van der Waals surface area contributed by atoms with Crippen LogP contribution in [0.2, 0.25) is 0 Å². The van der Waals surface area contributed by atoms with Gasteiger partial charge < -0.3 is 10.2 Å². The first-order valence-corrected chi connectivity index (χ1v) is 5.64. The van der Waals surface area contributed by atoms with Gasteiger partial charge in [-0.05, 0) is 31.1 Å². The molecule has 0 aromatic carbocycles. The summed E-state index contributed by atoms with van der Waals surface area (Å²) in [5.41, 5.74) is 0.105. The maximum absolute atomic E-state index is 11.5. The molecule has 0 radical (unpaired) electrons. The molecule has 2 rings (SSSR count). The van der Waals surface area contributed by atoms with E-state index in [0.29, 0.717) is 6.42 Å². The van der Waals surface area contributed by atoms with Gasteiger partial charge in [0, 0.05) is 26.1 Å². The molecule has 0 atom stereocenters. The summed E-state index contributed by atoms with van der Waals surface area (Å²) in [7, 11) is 0. The Morgan fingerprint density at radius 3 is 2.62 bits per heavy atom. The fourth-order valence-electron chi connectivity index (χ4n) is 2.48. The van der Waals surface area contributed by atoms with E-state index in [4.69, 9.17) is 0 Å². The van der Waals surface area contributed by atoms with Gasteiger partial charge in [0.25, 0.3) is 5.91 Å². The van der Waals surface area contributed by atoms with Crippen molar-refractivity contribution in [1.82, 2.24) is 10.2 Å². The lowest BCUT2D eigenvalue weighted by atomic mass is 9.77. The first kappa shape index (κ1) is 11.0. The number of carbonyl (C=O) groups is 2. The van der Waals surface area contributed by atoms with Gasteiger partial charge in [-0.15, -0.1) is 0 Å². The van der Waals surface area contributed by atoms with Gasteiger partial charge in [0.15, 0.2) is 0 Å². The average Bonchev–Trinajstić information content (AvgIpc) is 2.61. The number of rotatable bonds is 0. The van der Waals surface area contributed by atoms with E-state index in [1.54, 1.807) is 11.8 Å². The molecule has 0 saturated carbocycles. The Kier molecular flexibility index (Phi) is 2.86. The predicted molar refractivity (Wildman–Crippen MR) is 59.3 cm³/mol.